The number of carbonyl (C=O) groups is 2. The highest BCUT2D eigenvalue weighted by Gasteiger charge is 2.26. The summed E-state index contributed by atoms with van der Waals surface area (Å²) in [5.74, 6) is -0.354. The molecular weight excluding hydrogens is 352 g/mol. The largest absolute Gasteiger partial charge is 0.492 e. The van der Waals surface area contributed by atoms with Gasteiger partial charge in [0.1, 0.15) is 12.4 Å². The van der Waals surface area contributed by atoms with Crippen LogP contribution in [0, 0.1) is 5.92 Å². The fraction of sp³-hybridized carbons (Fsp3) is 0.467. The van der Waals surface area contributed by atoms with E-state index in [1.807, 2.05) is 24.3 Å². The van der Waals surface area contributed by atoms with E-state index in [0.717, 1.165) is 10.2 Å². The Morgan fingerprint density at radius 2 is 1.91 bits per heavy atom. The summed E-state index contributed by atoms with van der Waals surface area (Å²) in [4.78, 5) is 24.4. The summed E-state index contributed by atoms with van der Waals surface area (Å²) in [6, 6.07) is 7.31. The number of rotatable bonds is 5. The van der Waals surface area contributed by atoms with Crippen molar-refractivity contribution in [2.45, 2.75) is 12.8 Å². The normalized spacial score (nSPS) is 15.4. The second kappa shape index (κ2) is 8.03. The highest BCUT2D eigenvalue weighted by atomic mass is 79.9. The maximum Gasteiger partial charge on any atom is 0.317 e. The van der Waals surface area contributed by atoms with Gasteiger partial charge in [-0.2, -0.15) is 0 Å². The third kappa shape index (κ3) is 4.91. The van der Waals surface area contributed by atoms with Crippen molar-refractivity contribution in [1.29, 1.82) is 0 Å². The van der Waals surface area contributed by atoms with Gasteiger partial charge in [0, 0.05) is 17.6 Å². The lowest BCUT2D eigenvalue weighted by Gasteiger charge is -2.30. The van der Waals surface area contributed by atoms with Crippen LogP contribution in [0.25, 0.3) is 0 Å². The van der Waals surface area contributed by atoms with Crippen LogP contribution in [0.1, 0.15) is 12.8 Å². The molecule has 1 aromatic rings. The molecule has 6 nitrogen and oxygen atoms in total. The lowest BCUT2D eigenvalue weighted by Crippen LogP contribution is -2.46. The lowest BCUT2D eigenvalue weighted by atomic mass is 9.97. The second-order valence-corrected chi connectivity index (χ2v) is 6.05. The number of amides is 2. The molecule has 0 atom stereocenters. The number of hydrogen-bond acceptors (Lipinski definition) is 3. The van der Waals surface area contributed by atoms with Crippen molar-refractivity contribution >= 4 is 27.9 Å². The highest BCUT2D eigenvalue weighted by molar-refractivity contribution is 9.10. The molecule has 0 aromatic heterocycles. The van der Waals surface area contributed by atoms with Gasteiger partial charge in [-0.15, -0.1) is 0 Å². The Bertz CT molecular complexity index is 513. The van der Waals surface area contributed by atoms with Crippen LogP contribution in [0.5, 0.6) is 5.75 Å². The summed E-state index contributed by atoms with van der Waals surface area (Å²) in [7, 11) is 0. The number of carboxylic acid groups (broad SMARTS) is 1. The topological polar surface area (TPSA) is 78.9 Å². The average Bonchev–Trinajstić information content (AvgIpc) is 2.53. The molecular formula is C15H19BrN2O4. The Balaban J connectivity index is 1.64. The van der Waals surface area contributed by atoms with Gasteiger partial charge in [0.25, 0.3) is 0 Å². The van der Waals surface area contributed by atoms with Crippen LogP contribution in [-0.2, 0) is 4.79 Å². The van der Waals surface area contributed by atoms with Crippen LogP contribution in [0.2, 0.25) is 0 Å². The molecule has 2 rings (SSSR count). The predicted octanol–water partition coefficient (Wildman–Crippen LogP) is 2.33. The summed E-state index contributed by atoms with van der Waals surface area (Å²) in [5, 5.41) is 11.7. The molecule has 1 fully saturated rings. The van der Waals surface area contributed by atoms with Crippen LogP contribution in [0.4, 0.5) is 4.79 Å². The maximum atomic E-state index is 11.9. The smallest absolute Gasteiger partial charge is 0.317 e. The van der Waals surface area contributed by atoms with E-state index >= 15 is 0 Å². The molecule has 0 saturated carbocycles. The van der Waals surface area contributed by atoms with Crippen molar-refractivity contribution in [1.82, 2.24) is 10.2 Å². The van der Waals surface area contributed by atoms with Crippen molar-refractivity contribution in [3.05, 3.63) is 28.7 Å². The third-order valence-corrected chi connectivity index (χ3v) is 4.12. The summed E-state index contributed by atoms with van der Waals surface area (Å²) < 4.78 is 6.50. The first kappa shape index (κ1) is 16.6. The molecule has 1 aliphatic heterocycles. The van der Waals surface area contributed by atoms with E-state index in [2.05, 4.69) is 21.2 Å². The molecule has 0 radical (unpaired) electrons. The Kier molecular flexibility index (Phi) is 6.06. The van der Waals surface area contributed by atoms with Crippen molar-refractivity contribution in [2.24, 2.45) is 5.92 Å². The minimum absolute atomic E-state index is 0.164. The molecule has 7 heteroatoms. The fourth-order valence-electron chi connectivity index (χ4n) is 2.30. The number of ether oxygens (including phenoxy) is 1. The monoisotopic (exact) mass is 370 g/mol. The van der Waals surface area contributed by atoms with Gasteiger partial charge in [0.2, 0.25) is 0 Å². The molecule has 0 bridgehead atoms. The average molecular weight is 371 g/mol. The number of nitrogens with zero attached hydrogens (tertiary/aromatic N) is 1. The molecule has 1 aromatic carbocycles. The first-order valence-corrected chi connectivity index (χ1v) is 7.99. The Labute approximate surface area is 137 Å². The van der Waals surface area contributed by atoms with Gasteiger partial charge >= 0.3 is 12.0 Å². The van der Waals surface area contributed by atoms with Crippen LogP contribution in [-0.4, -0.2) is 48.2 Å². The first-order chi connectivity index (χ1) is 10.6. The SMILES string of the molecule is O=C(O)C1CCN(C(=O)NCCOc2ccc(Br)cc2)CC1. The molecule has 1 aliphatic rings. The van der Waals surface area contributed by atoms with Crippen LogP contribution < -0.4 is 10.1 Å². The second-order valence-electron chi connectivity index (χ2n) is 5.13. The zero-order chi connectivity index (χ0) is 15.9. The van der Waals surface area contributed by atoms with E-state index in [1.165, 1.54) is 0 Å². The quantitative estimate of drug-likeness (QED) is 0.779. The molecule has 2 N–H and O–H groups in total. The van der Waals surface area contributed by atoms with Crippen molar-refractivity contribution in [2.75, 3.05) is 26.2 Å². The zero-order valence-electron chi connectivity index (χ0n) is 12.1. The molecule has 1 heterocycles. The molecule has 0 unspecified atom stereocenters. The van der Waals surface area contributed by atoms with Gasteiger partial charge in [0.05, 0.1) is 12.5 Å². The van der Waals surface area contributed by atoms with E-state index in [0.29, 0.717) is 39.1 Å². The number of piperidine rings is 1. The van der Waals surface area contributed by atoms with E-state index < -0.39 is 5.97 Å². The number of likely N-dealkylation sites (tertiary alicyclic amines) is 1. The Morgan fingerprint density at radius 1 is 1.27 bits per heavy atom. The van der Waals surface area contributed by atoms with Crippen molar-refractivity contribution < 1.29 is 19.4 Å². The summed E-state index contributed by atoms with van der Waals surface area (Å²) in [6.07, 6.45) is 1.02. The lowest BCUT2D eigenvalue weighted by molar-refractivity contribution is -0.143. The van der Waals surface area contributed by atoms with E-state index in [-0.39, 0.29) is 11.9 Å². The van der Waals surface area contributed by atoms with E-state index in [4.69, 9.17) is 9.84 Å². The number of nitrogens with one attached hydrogen (secondary N) is 1. The zero-order valence-corrected chi connectivity index (χ0v) is 13.7. The fourth-order valence-corrected chi connectivity index (χ4v) is 2.56. The van der Waals surface area contributed by atoms with Crippen molar-refractivity contribution in [3.8, 4) is 5.75 Å². The number of halogens is 1. The van der Waals surface area contributed by atoms with Gasteiger partial charge in [0.15, 0.2) is 0 Å². The van der Waals surface area contributed by atoms with Crippen LogP contribution >= 0.6 is 15.9 Å². The number of carbonyl (C=O) groups excluding carboxylic acids is 1. The van der Waals surface area contributed by atoms with E-state index in [1.54, 1.807) is 4.90 Å². The van der Waals surface area contributed by atoms with Gasteiger partial charge in [-0.05, 0) is 37.1 Å². The first-order valence-electron chi connectivity index (χ1n) is 7.20. The number of hydrogen-bond donors (Lipinski definition) is 2. The third-order valence-electron chi connectivity index (χ3n) is 3.59. The maximum absolute atomic E-state index is 11.9. The van der Waals surface area contributed by atoms with E-state index in [9.17, 15) is 9.59 Å². The van der Waals surface area contributed by atoms with Gasteiger partial charge in [-0.1, -0.05) is 15.9 Å². The van der Waals surface area contributed by atoms with Gasteiger partial charge < -0.3 is 20.1 Å². The predicted molar refractivity (Wildman–Crippen MR) is 85.0 cm³/mol. The Hall–Kier alpha value is -1.76. The van der Waals surface area contributed by atoms with Crippen LogP contribution in [0.15, 0.2) is 28.7 Å². The molecule has 2 amide bonds. The number of aliphatic carboxylic acids is 1. The summed E-state index contributed by atoms with van der Waals surface area (Å²) in [5.41, 5.74) is 0. The minimum atomic E-state index is -0.775. The molecule has 0 spiro atoms. The Morgan fingerprint density at radius 3 is 2.50 bits per heavy atom. The minimum Gasteiger partial charge on any atom is -0.492 e. The highest BCUT2D eigenvalue weighted by Crippen LogP contribution is 2.17. The molecule has 22 heavy (non-hydrogen) atoms. The summed E-state index contributed by atoms with van der Waals surface area (Å²) >= 11 is 3.35. The van der Waals surface area contributed by atoms with Gasteiger partial charge in [-0.25, -0.2) is 4.79 Å². The molecule has 1 saturated heterocycles. The molecule has 0 aliphatic carbocycles. The standard InChI is InChI=1S/C15H19BrN2O4/c16-12-1-3-13(4-2-12)22-10-7-17-15(21)18-8-5-11(6-9-18)14(19)20/h1-4,11H,5-10H2,(H,17,21)(H,19,20). The number of benzene rings is 1. The van der Waals surface area contributed by atoms with Crippen molar-refractivity contribution in [3.63, 3.8) is 0 Å². The van der Waals surface area contributed by atoms with Crippen LogP contribution in [0.3, 0.4) is 0 Å². The number of urea groups is 1. The van der Waals surface area contributed by atoms with Gasteiger partial charge in [-0.3, -0.25) is 4.79 Å². The number of carboxylic acids is 1. The summed E-state index contributed by atoms with van der Waals surface area (Å²) in [6.45, 7) is 1.76. The molecule has 120 valence electrons.